The molecule has 0 unspecified atom stereocenters. The van der Waals surface area contributed by atoms with E-state index < -0.39 is 5.97 Å². The van der Waals surface area contributed by atoms with Crippen LogP contribution < -0.4 is 9.47 Å². The Balaban J connectivity index is 1.90. The number of esters is 1. The van der Waals surface area contributed by atoms with Gasteiger partial charge in [-0.3, -0.25) is 4.90 Å². The first-order valence-electron chi connectivity index (χ1n) is 6.94. The van der Waals surface area contributed by atoms with Crippen LogP contribution in [0, 0.1) is 0 Å². The van der Waals surface area contributed by atoms with Crippen molar-refractivity contribution >= 4 is 5.97 Å². The summed E-state index contributed by atoms with van der Waals surface area (Å²) in [6.07, 6.45) is 0. The van der Waals surface area contributed by atoms with Crippen LogP contribution in [0.1, 0.15) is 10.4 Å². The van der Waals surface area contributed by atoms with Gasteiger partial charge in [-0.1, -0.05) is 6.07 Å². The number of carbonyl (C=O) groups excluding carboxylic acids is 1. The monoisotopic (exact) mass is 295 g/mol. The molecule has 0 atom stereocenters. The van der Waals surface area contributed by atoms with Gasteiger partial charge in [-0.2, -0.15) is 0 Å². The van der Waals surface area contributed by atoms with Gasteiger partial charge in [0.25, 0.3) is 0 Å². The Bertz CT molecular complexity index is 471. The third kappa shape index (κ3) is 4.09. The summed E-state index contributed by atoms with van der Waals surface area (Å²) in [5.41, 5.74) is 0.374. The molecule has 0 bridgehead atoms. The van der Waals surface area contributed by atoms with E-state index in [1.165, 1.54) is 14.2 Å². The quantitative estimate of drug-likeness (QED) is 0.735. The molecule has 0 spiro atoms. The summed E-state index contributed by atoms with van der Waals surface area (Å²) in [7, 11) is 3.04. The lowest BCUT2D eigenvalue weighted by Gasteiger charge is -2.26. The lowest BCUT2D eigenvalue weighted by molar-refractivity contribution is 0.0194. The summed E-state index contributed by atoms with van der Waals surface area (Å²) in [5, 5.41) is 0. The molecule has 0 aromatic heterocycles. The molecule has 2 rings (SSSR count). The van der Waals surface area contributed by atoms with Crippen molar-refractivity contribution in [2.45, 2.75) is 0 Å². The molecule has 0 N–H and O–H groups in total. The third-order valence-corrected chi connectivity index (χ3v) is 3.37. The van der Waals surface area contributed by atoms with Gasteiger partial charge in [-0.05, 0) is 12.1 Å². The Kier molecular flexibility index (Phi) is 5.83. The van der Waals surface area contributed by atoms with E-state index in [0.717, 1.165) is 26.3 Å². The lowest BCUT2D eigenvalue weighted by atomic mass is 10.2. The fourth-order valence-electron chi connectivity index (χ4n) is 2.22. The van der Waals surface area contributed by atoms with Crippen molar-refractivity contribution in [1.29, 1.82) is 0 Å². The van der Waals surface area contributed by atoms with E-state index in [0.29, 0.717) is 30.2 Å². The van der Waals surface area contributed by atoms with E-state index in [4.69, 9.17) is 18.9 Å². The summed E-state index contributed by atoms with van der Waals surface area (Å²) in [6, 6.07) is 5.14. The zero-order valence-corrected chi connectivity index (χ0v) is 12.5. The van der Waals surface area contributed by atoms with Gasteiger partial charge in [0.05, 0.1) is 27.4 Å². The second kappa shape index (κ2) is 7.85. The van der Waals surface area contributed by atoms with Crippen LogP contribution in [0.3, 0.4) is 0 Å². The number of hydrogen-bond donors (Lipinski definition) is 0. The number of nitrogens with zero attached hydrogens (tertiary/aromatic N) is 1. The average Bonchev–Trinajstić information content (AvgIpc) is 2.54. The van der Waals surface area contributed by atoms with Crippen LogP contribution in [0.25, 0.3) is 0 Å². The van der Waals surface area contributed by atoms with Crippen molar-refractivity contribution in [1.82, 2.24) is 4.90 Å². The first-order valence-corrected chi connectivity index (χ1v) is 6.94. The van der Waals surface area contributed by atoms with E-state index in [-0.39, 0.29) is 0 Å². The molecular formula is C15H21NO5. The van der Waals surface area contributed by atoms with Crippen molar-refractivity contribution < 1.29 is 23.7 Å². The summed E-state index contributed by atoms with van der Waals surface area (Å²) >= 11 is 0. The van der Waals surface area contributed by atoms with Gasteiger partial charge in [0.1, 0.15) is 12.2 Å². The number of carbonyl (C=O) groups is 1. The molecule has 1 saturated heterocycles. The molecule has 0 saturated carbocycles. The van der Waals surface area contributed by atoms with Gasteiger partial charge in [0.15, 0.2) is 11.5 Å². The van der Waals surface area contributed by atoms with E-state index >= 15 is 0 Å². The summed E-state index contributed by atoms with van der Waals surface area (Å²) < 4.78 is 21.0. The molecule has 0 amide bonds. The topological polar surface area (TPSA) is 57.2 Å². The first kappa shape index (κ1) is 15.6. The number of ether oxygens (including phenoxy) is 4. The van der Waals surface area contributed by atoms with Gasteiger partial charge in [0.2, 0.25) is 0 Å². The zero-order valence-electron chi connectivity index (χ0n) is 12.5. The number of para-hydroxylation sites is 1. The van der Waals surface area contributed by atoms with E-state index in [1.54, 1.807) is 18.2 Å². The minimum absolute atomic E-state index is 0.346. The maximum Gasteiger partial charge on any atom is 0.342 e. The van der Waals surface area contributed by atoms with Crippen LogP contribution in [0.5, 0.6) is 11.5 Å². The predicted molar refractivity (Wildman–Crippen MR) is 77.1 cm³/mol. The van der Waals surface area contributed by atoms with Crippen molar-refractivity contribution in [2.75, 3.05) is 53.7 Å². The van der Waals surface area contributed by atoms with Gasteiger partial charge >= 0.3 is 5.97 Å². The largest absolute Gasteiger partial charge is 0.493 e. The van der Waals surface area contributed by atoms with E-state index in [9.17, 15) is 4.79 Å². The van der Waals surface area contributed by atoms with Crippen LogP contribution in [0.15, 0.2) is 18.2 Å². The zero-order chi connectivity index (χ0) is 15.1. The molecule has 1 aliphatic rings. The van der Waals surface area contributed by atoms with Crippen LogP contribution in [-0.4, -0.2) is 64.5 Å². The molecule has 116 valence electrons. The maximum absolute atomic E-state index is 12.1. The normalized spacial score (nSPS) is 15.5. The Morgan fingerprint density at radius 3 is 2.67 bits per heavy atom. The standard InChI is InChI=1S/C15H21NO5/c1-18-13-5-3-4-12(14(13)19-2)15(17)21-11-8-16-6-9-20-10-7-16/h3-5H,6-11H2,1-2H3. The maximum atomic E-state index is 12.1. The van der Waals surface area contributed by atoms with Crippen molar-refractivity contribution in [3.8, 4) is 11.5 Å². The van der Waals surface area contributed by atoms with Gasteiger partial charge < -0.3 is 18.9 Å². The molecule has 1 heterocycles. The molecule has 0 aliphatic carbocycles. The second-order valence-electron chi connectivity index (χ2n) is 4.63. The van der Waals surface area contributed by atoms with Crippen molar-refractivity contribution in [3.05, 3.63) is 23.8 Å². The minimum atomic E-state index is -0.404. The molecule has 1 aliphatic heterocycles. The molecule has 0 radical (unpaired) electrons. The molecule has 6 nitrogen and oxygen atoms in total. The Morgan fingerprint density at radius 1 is 1.24 bits per heavy atom. The van der Waals surface area contributed by atoms with E-state index in [2.05, 4.69) is 4.90 Å². The molecule has 1 aromatic carbocycles. The average molecular weight is 295 g/mol. The summed E-state index contributed by atoms with van der Waals surface area (Å²) in [4.78, 5) is 14.3. The highest BCUT2D eigenvalue weighted by atomic mass is 16.5. The predicted octanol–water partition coefficient (Wildman–Crippen LogP) is 1.19. The summed E-state index contributed by atoms with van der Waals surface area (Å²) in [6.45, 7) is 4.27. The number of methoxy groups -OCH3 is 2. The highest BCUT2D eigenvalue weighted by Gasteiger charge is 2.18. The number of benzene rings is 1. The summed E-state index contributed by atoms with van der Waals surface area (Å²) in [5.74, 6) is 0.510. The van der Waals surface area contributed by atoms with Crippen molar-refractivity contribution in [3.63, 3.8) is 0 Å². The van der Waals surface area contributed by atoms with Crippen LogP contribution >= 0.6 is 0 Å². The third-order valence-electron chi connectivity index (χ3n) is 3.37. The Labute approximate surface area is 124 Å². The van der Waals surface area contributed by atoms with Crippen LogP contribution in [0.4, 0.5) is 0 Å². The first-order chi connectivity index (χ1) is 10.3. The SMILES string of the molecule is COc1cccc(C(=O)OCCN2CCOCC2)c1OC. The smallest absolute Gasteiger partial charge is 0.342 e. The Morgan fingerprint density at radius 2 is 2.00 bits per heavy atom. The lowest BCUT2D eigenvalue weighted by Crippen LogP contribution is -2.38. The highest BCUT2D eigenvalue weighted by Crippen LogP contribution is 2.30. The fourth-order valence-corrected chi connectivity index (χ4v) is 2.22. The molecule has 1 fully saturated rings. The molecular weight excluding hydrogens is 274 g/mol. The number of hydrogen-bond acceptors (Lipinski definition) is 6. The van der Waals surface area contributed by atoms with E-state index in [1.807, 2.05) is 0 Å². The molecule has 21 heavy (non-hydrogen) atoms. The van der Waals surface area contributed by atoms with Gasteiger partial charge in [-0.15, -0.1) is 0 Å². The number of rotatable bonds is 6. The van der Waals surface area contributed by atoms with Gasteiger partial charge in [-0.25, -0.2) is 4.79 Å². The van der Waals surface area contributed by atoms with Crippen molar-refractivity contribution in [2.24, 2.45) is 0 Å². The van der Waals surface area contributed by atoms with Crippen LogP contribution in [0.2, 0.25) is 0 Å². The second-order valence-corrected chi connectivity index (χ2v) is 4.63. The van der Waals surface area contributed by atoms with Gasteiger partial charge in [0, 0.05) is 19.6 Å². The fraction of sp³-hybridized carbons (Fsp3) is 0.533. The minimum Gasteiger partial charge on any atom is -0.493 e. The Hall–Kier alpha value is -1.79. The van der Waals surface area contributed by atoms with Crippen LogP contribution in [-0.2, 0) is 9.47 Å². The number of morpholine rings is 1. The molecule has 6 heteroatoms. The highest BCUT2D eigenvalue weighted by molar-refractivity contribution is 5.93. The molecule has 1 aromatic rings.